The Kier molecular flexibility index (Phi) is 3.36. The third kappa shape index (κ3) is 2.15. The van der Waals surface area contributed by atoms with Gasteiger partial charge in [0, 0.05) is 34.5 Å². The highest BCUT2D eigenvalue weighted by Crippen LogP contribution is 2.28. The second kappa shape index (κ2) is 4.76. The maximum absolute atomic E-state index is 13.2. The molecule has 2 aromatic rings. The van der Waals surface area contributed by atoms with Crippen LogP contribution in [0.5, 0.6) is 0 Å². The molecule has 0 atom stereocenters. The lowest BCUT2D eigenvalue weighted by Crippen LogP contribution is -2.14. The molecule has 0 spiro atoms. The molecule has 1 heterocycles. The number of pyridine rings is 1. The van der Waals surface area contributed by atoms with Crippen LogP contribution in [0.15, 0.2) is 28.9 Å². The Balaban J connectivity index is 2.56. The molecule has 2 rings (SSSR count). The van der Waals surface area contributed by atoms with Gasteiger partial charge in [-0.15, -0.1) is 0 Å². The van der Waals surface area contributed by atoms with Crippen LogP contribution in [0.4, 0.5) is 10.2 Å². The first-order valence-corrected chi connectivity index (χ1v) is 5.69. The number of nitrogens with one attached hydrogen (secondary N) is 1. The molecule has 0 bridgehead atoms. The summed E-state index contributed by atoms with van der Waals surface area (Å²) in [6.45, 7) is 1.12. The van der Waals surface area contributed by atoms with E-state index in [4.69, 9.17) is 5.73 Å². The van der Waals surface area contributed by atoms with E-state index >= 15 is 0 Å². The van der Waals surface area contributed by atoms with Gasteiger partial charge in [-0.3, -0.25) is 0 Å². The number of rotatable bonds is 3. The molecule has 5 heteroatoms. The van der Waals surface area contributed by atoms with Crippen molar-refractivity contribution in [2.24, 2.45) is 5.73 Å². The summed E-state index contributed by atoms with van der Waals surface area (Å²) >= 11 is 3.39. The van der Waals surface area contributed by atoms with E-state index in [9.17, 15) is 4.39 Å². The van der Waals surface area contributed by atoms with E-state index in [0.29, 0.717) is 18.9 Å². The number of halogens is 2. The first-order chi connectivity index (χ1) is 7.72. The van der Waals surface area contributed by atoms with Crippen LogP contribution in [0.1, 0.15) is 0 Å². The molecular weight excluding hydrogens is 273 g/mol. The maximum Gasteiger partial charge on any atom is 0.134 e. The smallest absolute Gasteiger partial charge is 0.134 e. The molecule has 3 N–H and O–H groups in total. The number of anilines is 1. The second-order valence-corrected chi connectivity index (χ2v) is 4.21. The molecule has 0 saturated carbocycles. The minimum atomic E-state index is -0.275. The maximum atomic E-state index is 13.2. The van der Waals surface area contributed by atoms with Gasteiger partial charge < -0.3 is 11.1 Å². The molecule has 0 saturated heterocycles. The zero-order chi connectivity index (χ0) is 11.5. The molecular formula is C11H11BrFN3. The number of nitrogens with zero attached hydrogens (tertiary/aromatic N) is 1. The second-order valence-electron chi connectivity index (χ2n) is 3.36. The van der Waals surface area contributed by atoms with Crippen LogP contribution in [-0.2, 0) is 0 Å². The minimum absolute atomic E-state index is 0.275. The fraction of sp³-hybridized carbons (Fsp3) is 0.182. The van der Waals surface area contributed by atoms with Gasteiger partial charge in [-0.1, -0.05) is 6.07 Å². The number of nitrogens with two attached hydrogens (primary N) is 1. The minimum Gasteiger partial charge on any atom is -0.368 e. The van der Waals surface area contributed by atoms with Gasteiger partial charge in [0.15, 0.2) is 0 Å². The van der Waals surface area contributed by atoms with Gasteiger partial charge in [-0.2, -0.15) is 0 Å². The molecule has 0 unspecified atom stereocenters. The predicted octanol–water partition coefficient (Wildman–Crippen LogP) is 2.51. The topological polar surface area (TPSA) is 50.9 Å². The molecule has 0 aliphatic rings. The third-order valence-corrected chi connectivity index (χ3v) is 2.87. The van der Waals surface area contributed by atoms with Gasteiger partial charge in [0.25, 0.3) is 0 Å². The van der Waals surface area contributed by atoms with E-state index in [0.717, 1.165) is 15.2 Å². The fourth-order valence-electron chi connectivity index (χ4n) is 1.51. The summed E-state index contributed by atoms with van der Waals surface area (Å²) in [7, 11) is 0. The SMILES string of the molecule is NCCNc1ncc(Br)c2ccc(F)cc12. The van der Waals surface area contributed by atoms with Gasteiger partial charge in [-0.05, 0) is 28.1 Å². The molecule has 0 aliphatic carbocycles. The summed E-state index contributed by atoms with van der Waals surface area (Å²) in [5.41, 5.74) is 5.41. The van der Waals surface area contributed by atoms with Gasteiger partial charge in [-0.25, -0.2) is 9.37 Å². The van der Waals surface area contributed by atoms with E-state index in [1.165, 1.54) is 12.1 Å². The van der Waals surface area contributed by atoms with Gasteiger partial charge in [0.1, 0.15) is 11.6 Å². The first kappa shape index (κ1) is 11.3. The Hall–Kier alpha value is -1.20. The Labute approximate surface area is 101 Å². The largest absolute Gasteiger partial charge is 0.368 e. The van der Waals surface area contributed by atoms with E-state index in [-0.39, 0.29) is 5.82 Å². The van der Waals surface area contributed by atoms with E-state index < -0.39 is 0 Å². The van der Waals surface area contributed by atoms with Gasteiger partial charge in [0.2, 0.25) is 0 Å². The number of benzene rings is 1. The van der Waals surface area contributed by atoms with Crippen molar-refractivity contribution in [2.45, 2.75) is 0 Å². The lowest BCUT2D eigenvalue weighted by atomic mass is 10.1. The van der Waals surface area contributed by atoms with Crippen molar-refractivity contribution >= 4 is 32.5 Å². The first-order valence-electron chi connectivity index (χ1n) is 4.90. The van der Waals surface area contributed by atoms with E-state index in [1.54, 1.807) is 12.3 Å². The summed E-state index contributed by atoms with van der Waals surface area (Å²) in [4.78, 5) is 4.20. The lowest BCUT2D eigenvalue weighted by Gasteiger charge is -2.08. The van der Waals surface area contributed by atoms with Crippen LogP contribution in [0.25, 0.3) is 10.8 Å². The Bertz CT molecular complexity index is 516. The molecule has 0 aliphatic heterocycles. The standard InChI is InChI=1S/C11H11BrFN3/c12-10-6-16-11(15-4-3-14)9-5-7(13)1-2-8(9)10/h1-2,5-6H,3-4,14H2,(H,15,16). The summed E-state index contributed by atoms with van der Waals surface area (Å²) in [5.74, 6) is 0.381. The Morgan fingerprint density at radius 3 is 2.94 bits per heavy atom. The number of aromatic nitrogens is 1. The summed E-state index contributed by atoms with van der Waals surface area (Å²) in [6, 6.07) is 4.62. The lowest BCUT2D eigenvalue weighted by molar-refractivity contribution is 0.629. The predicted molar refractivity (Wildman–Crippen MR) is 66.9 cm³/mol. The average molecular weight is 284 g/mol. The van der Waals surface area contributed by atoms with Crippen molar-refractivity contribution in [3.05, 3.63) is 34.7 Å². The van der Waals surface area contributed by atoms with E-state index in [1.807, 2.05) is 0 Å². The van der Waals surface area contributed by atoms with Gasteiger partial charge in [0.05, 0.1) is 0 Å². The average Bonchev–Trinajstić information content (AvgIpc) is 2.28. The van der Waals surface area contributed by atoms with Crippen LogP contribution in [0.2, 0.25) is 0 Å². The molecule has 0 radical (unpaired) electrons. The van der Waals surface area contributed by atoms with Crippen molar-refractivity contribution in [1.29, 1.82) is 0 Å². The highest BCUT2D eigenvalue weighted by atomic mass is 79.9. The summed E-state index contributed by atoms with van der Waals surface area (Å²) in [6.07, 6.45) is 1.69. The highest BCUT2D eigenvalue weighted by Gasteiger charge is 2.06. The number of hydrogen-bond acceptors (Lipinski definition) is 3. The quantitative estimate of drug-likeness (QED) is 0.910. The van der Waals surface area contributed by atoms with Crippen molar-refractivity contribution in [3.63, 3.8) is 0 Å². The highest BCUT2D eigenvalue weighted by molar-refractivity contribution is 9.10. The molecule has 1 aromatic carbocycles. The van der Waals surface area contributed by atoms with Crippen molar-refractivity contribution in [3.8, 4) is 0 Å². The molecule has 0 amide bonds. The molecule has 3 nitrogen and oxygen atoms in total. The normalized spacial score (nSPS) is 10.7. The molecule has 84 valence electrons. The number of hydrogen-bond donors (Lipinski definition) is 2. The summed E-state index contributed by atoms with van der Waals surface area (Å²) in [5, 5.41) is 4.75. The van der Waals surface area contributed by atoms with Crippen LogP contribution in [-0.4, -0.2) is 18.1 Å². The van der Waals surface area contributed by atoms with Crippen molar-refractivity contribution < 1.29 is 4.39 Å². The Morgan fingerprint density at radius 1 is 1.38 bits per heavy atom. The van der Waals surface area contributed by atoms with Crippen LogP contribution in [0.3, 0.4) is 0 Å². The zero-order valence-corrected chi connectivity index (χ0v) is 10.1. The van der Waals surface area contributed by atoms with Crippen LogP contribution in [0, 0.1) is 5.82 Å². The summed E-state index contributed by atoms with van der Waals surface area (Å²) < 4.78 is 14.0. The third-order valence-electron chi connectivity index (χ3n) is 2.24. The van der Waals surface area contributed by atoms with Gasteiger partial charge >= 0.3 is 0 Å². The monoisotopic (exact) mass is 283 g/mol. The molecule has 1 aromatic heterocycles. The van der Waals surface area contributed by atoms with E-state index in [2.05, 4.69) is 26.2 Å². The van der Waals surface area contributed by atoms with Crippen molar-refractivity contribution in [2.75, 3.05) is 18.4 Å². The molecule has 16 heavy (non-hydrogen) atoms. The zero-order valence-electron chi connectivity index (χ0n) is 8.50. The van der Waals surface area contributed by atoms with Crippen LogP contribution < -0.4 is 11.1 Å². The van der Waals surface area contributed by atoms with Crippen molar-refractivity contribution in [1.82, 2.24) is 4.98 Å². The van der Waals surface area contributed by atoms with Crippen LogP contribution >= 0.6 is 15.9 Å². The fourth-order valence-corrected chi connectivity index (χ4v) is 1.96. The molecule has 0 fully saturated rings. The number of fused-ring (bicyclic) bond motifs is 1. The Morgan fingerprint density at radius 2 is 2.19 bits per heavy atom.